The Balaban J connectivity index is 1.37. The summed E-state index contributed by atoms with van der Waals surface area (Å²) in [4.78, 5) is 35.6. The Morgan fingerprint density at radius 2 is 1.80 bits per heavy atom. The highest BCUT2D eigenvalue weighted by Gasteiger charge is 2.27. The molecule has 0 aliphatic heterocycles. The Bertz CT molecular complexity index is 1650. The molecule has 0 spiro atoms. The molecule has 230 valence electrons. The fourth-order valence-corrected chi connectivity index (χ4v) is 4.29. The molecular weight excluding hydrogens is 572 g/mol. The molecule has 0 radical (unpaired) electrons. The first-order chi connectivity index (χ1) is 21.1. The number of nitro benzene ring substituents is 1. The van der Waals surface area contributed by atoms with Gasteiger partial charge < -0.3 is 27.9 Å². The summed E-state index contributed by atoms with van der Waals surface area (Å²) in [7, 11) is 1.29. The van der Waals surface area contributed by atoms with Gasteiger partial charge >= 0.3 is 17.6 Å². The lowest BCUT2D eigenvalue weighted by molar-refractivity contribution is -0.386. The van der Waals surface area contributed by atoms with Gasteiger partial charge in [0.15, 0.2) is 17.6 Å². The van der Waals surface area contributed by atoms with E-state index in [1.807, 2.05) is 38.1 Å². The van der Waals surface area contributed by atoms with Crippen molar-refractivity contribution in [2.45, 2.75) is 40.4 Å². The second kappa shape index (κ2) is 14.1. The van der Waals surface area contributed by atoms with Crippen molar-refractivity contribution < 1.29 is 37.9 Å². The molecule has 13 nitrogen and oxygen atoms in total. The third kappa shape index (κ3) is 7.43. The maximum Gasteiger partial charge on any atom is 0.347 e. The van der Waals surface area contributed by atoms with Gasteiger partial charge in [-0.2, -0.15) is 5.10 Å². The zero-order valence-corrected chi connectivity index (χ0v) is 24.9. The number of amides is 1. The number of ether oxygens (including phenoxy) is 4. The maximum atomic E-state index is 12.6. The molecule has 2 heterocycles. The molecule has 0 fully saturated rings. The Morgan fingerprint density at radius 1 is 1.09 bits per heavy atom. The second-order valence-corrected chi connectivity index (χ2v) is 9.54. The molecule has 0 aliphatic carbocycles. The number of hydrogen-bond acceptors (Lipinski definition) is 10. The van der Waals surface area contributed by atoms with Gasteiger partial charge in [-0.3, -0.25) is 14.9 Å². The predicted molar refractivity (Wildman–Crippen MR) is 160 cm³/mol. The standard InChI is InChI=1S/C31H32N4O9/c1-6-41-31(37)21(4)43-29-26(35(38)39)15-22(16-28(29)40-5)17-32-33-30(36)27-14-13-25(44-27)18-42-24-11-9-23(10-12-24)34-19(2)7-8-20(34)3/h7-17,21H,6,18H2,1-5H3,(H,33,36)/b32-17+/t21-/m0/s1. The second-order valence-electron chi connectivity index (χ2n) is 9.54. The Labute approximate surface area is 253 Å². The molecule has 0 saturated heterocycles. The third-order valence-electron chi connectivity index (χ3n) is 6.40. The quantitative estimate of drug-likeness (QED) is 0.0928. The number of aromatic nitrogens is 1. The number of hydrazone groups is 1. The summed E-state index contributed by atoms with van der Waals surface area (Å²) in [5.74, 6) is -0.519. The van der Waals surface area contributed by atoms with E-state index in [4.69, 9.17) is 23.4 Å². The number of carbonyl (C=O) groups is 2. The van der Waals surface area contributed by atoms with E-state index in [1.165, 1.54) is 38.4 Å². The molecule has 1 atom stereocenters. The van der Waals surface area contributed by atoms with E-state index in [-0.39, 0.29) is 36.0 Å². The Morgan fingerprint density at radius 3 is 2.43 bits per heavy atom. The van der Waals surface area contributed by atoms with Crippen LogP contribution in [0.5, 0.6) is 17.2 Å². The maximum absolute atomic E-state index is 12.6. The minimum absolute atomic E-state index is 0.00471. The van der Waals surface area contributed by atoms with Crippen molar-refractivity contribution in [2.24, 2.45) is 5.10 Å². The average molecular weight is 605 g/mol. The highest BCUT2D eigenvalue weighted by molar-refractivity contribution is 5.92. The summed E-state index contributed by atoms with van der Waals surface area (Å²) in [6.45, 7) is 7.35. The van der Waals surface area contributed by atoms with E-state index in [1.54, 1.807) is 13.0 Å². The van der Waals surface area contributed by atoms with Crippen LogP contribution in [0, 0.1) is 24.0 Å². The van der Waals surface area contributed by atoms with Gasteiger partial charge in [0.2, 0.25) is 5.75 Å². The van der Waals surface area contributed by atoms with E-state index >= 15 is 0 Å². The summed E-state index contributed by atoms with van der Waals surface area (Å²) < 4.78 is 29.2. The van der Waals surface area contributed by atoms with Gasteiger partial charge in [-0.25, -0.2) is 10.2 Å². The fraction of sp³-hybridized carbons (Fsp3) is 0.258. The largest absolute Gasteiger partial charge is 0.493 e. The van der Waals surface area contributed by atoms with Gasteiger partial charge in [0.25, 0.3) is 0 Å². The Hall–Kier alpha value is -5.59. The van der Waals surface area contributed by atoms with Crippen LogP contribution >= 0.6 is 0 Å². The number of benzene rings is 2. The monoisotopic (exact) mass is 604 g/mol. The van der Waals surface area contributed by atoms with Gasteiger partial charge in [-0.15, -0.1) is 0 Å². The van der Waals surface area contributed by atoms with Gasteiger partial charge in [0.1, 0.15) is 18.1 Å². The lowest BCUT2D eigenvalue weighted by Crippen LogP contribution is -2.26. The van der Waals surface area contributed by atoms with Crippen molar-refractivity contribution in [2.75, 3.05) is 13.7 Å². The number of nitro groups is 1. The first kappa shape index (κ1) is 31.3. The Kier molecular flexibility index (Phi) is 10.0. The van der Waals surface area contributed by atoms with Gasteiger partial charge in [-0.05, 0) is 82.3 Å². The van der Waals surface area contributed by atoms with Crippen LogP contribution < -0.4 is 19.6 Å². The minimum atomic E-state index is -1.12. The SMILES string of the molecule is CCOC(=O)[C@H](C)Oc1c(OC)cc(/C=N/NC(=O)c2ccc(COc3ccc(-n4c(C)ccc4C)cc3)o2)cc1[N+](=O)[O-]. The molecule has 13 heteroatoms. The molecule has 0 aliphatic rings. The average Bonchev–Trinajstić information content (AvgIpc) is 3.62. The van der Waals surface area contributed by atoms with Crippen molar-refractivity contribution in [3.63, 3.8) is 0 Å². The van der Waals surface area contributed by atoms with Gasteiger partial charge in [0, 0.05) is 28.7 Å². The normalized spacial score (nSPS) is 11.7. The van der Waals surface area contributed by atoms with Crippen molar-refractivity contribution in [1.29, 1.82) is 0 Å². The number of hydrogen-bond donors (Lipinski definition) is 1. The molecule has 1 amide bonds. The molecule has 2 aromatic carbocycles. The van der Waals surface area contributed by atoms with Crippen molar-refractivity contribution in [3.05, 3.63) is 99.2 Å². The molecule has 0 bridgehead atoms. The zero-order chi connectivity index (χ0) is 31.8. The molecular formula is C31H32N4O9. The first-order valence-electron chi connectivity index (χ1n) is 13.6. The number of methoxy groups -OCH3 is 1. The molecule has 0 unspecified atom stereocenters. The van der Waals surface area contributed by atoms with Crippen LogP contribution in [-0.4, -0.2) is 47.4 Å². The summed E-state index contributed by atoms with van der Waals surface area (Å²) in [5, 5.41) is 15.6. The highest BCUT2D eigenvalue weighted by Crippen LogP contribution is 2.38. The van der Waals surface area contributed by atoms with Crippen molar-refractivity contribution in [1.82, 2.24) is 9.99 Å². The van der Waals surface area contributed by atoms with Crippen LogP contribution in [-0.2, 0) is 16.1 Å². The van der Waals surface area contributed by atoms with E-state index in [2.05, 4.69) is 27.2 Å². The van der Waals surface area contributed by atoms with Crippen LogP contribution in [0.3, 0.4) is 0 Å². The molecule has 0 saturated carbocycles. The molecule has 2 aromatic heterocycles. The number of esters is 1. The van der Waals surface area contributed by atoms with E-state index in [0.717, 1.165) is 17.1 Å². The zero-order valence-electron chi connectivity index (χ0n) is 24.9. The van der Waals surface area contributed by atoms with Crippen LogP contribution in [0.15, 0.2) is 70.2 Å². The molecule has 1 N–H and O–H groups in total. The fourth-order valence-electron chi connectivity index (χ4n) is 4.29. The number of nitrogens with one attached hydrogen (secondary N) is 1. The summed E-state index contributed by atoms with van der Waals surface area (Å²) in [6, 6.07) is 17.4. The van der Waals surface area contributed by atoms with Crippen molar-refractivity contribution in [3.8, 4) is 22.9 Å². The number of carbonyl (C=O) groups excluding carboxylic acids is 2. The number of furan rings is 1. The summed E-state index contributed by atoms with van der Waals surface area (Å²) in [5.41, 5.74) is 5.37. The van der Waals surface area contributed by atoms with Gasteiger partial charge in [-0.1, -0.05) is 0 Å². The smallest absolute Gasteiger partial charge is 0.347 e. The van der Waals surface area contributed by atoms with E-state index < -0.39 is 28.6 Å². The topological polar surface area (TPSA) is 157 Å². The van der Waals surface area contributed by atoms with Gasteiger partial charge in [0.05, 0.1) is 24.9 Å². The third-order valence-corrected chi connectivity index (χ3v) is 6.40. The van der Waals surface area contributed by atoms with Crippen LogP contribution in [0.1, 0.15) is 47.1 Å². The highest BCUT2D eigenvalue weighted by atomic mass is 16.6. The summed E-state index contributed by atoms with van der Waals surface area (Å²) in [6.07, 6.45) is 0.0773. The van der Waals surface area contributed by atoms with E-state index in [9.17, 15) is 19.7 Å². The number of rotatable bonds is 13. The lowest BCUT2D eigenvalue weighted by Gasteiger charge is -2.16. The molecule has 4 rings (SSSR count). The molecule has 4 aromatic rings. The van der Waals surface area contributed by atoms with Crippen LogP contribution in [0.2, 0.25) is 0 Å². The first-order valence-corrected chi connectivity index (χ1v) is 13.6. The minimum Gasteiger partial charge on any atom is -0.493 e. The van der Waals surface area contributed by atoms with E-state index in [0.29, 0.717) is 11.5 Å². The number of nitrogens with zero attached hydrogens (tertiary/aromatic N) is 3. The lowest BCUT2D eigenvalue weighted by atomic mass is 10.2. The summed E-state index contributed by atoms with van der Waals surface area (Å²) >= 11 is 0. The van der Waals surface area contributed by atoms with Crippen LogP contribution in [0.4, 0.5) is 5.69 Å². The van der Waals surface area contributed by atoms with Crippen LogP contribution in [0.25, 0.3) is 5.69 Å². The molecule has 44 heavy (non-hydrogen) atoms. The predicted octanol–water partition coefficient (Wildman–Crippen LogP) is 5.28. The number of aryl methyl sites for hydroxylation is 2. The van der Waals surface area contributed by atoms with Crippen molar-refractivity contribution >= 4 is 23.8 Å².